The number of hydrogen-bond acceptors (Lipinski definition) is 4. The van der Waals surface area contributed by atoms with Gasteiger partial charge in [-0.05, 0) is 101 Å². The van der Waals surface area contributed by atoms with Crippen LogP contribution in [0.25, 0.3) is 11.1 Å². The lowest BCUT2D eigenvalue weighted by Gasteiger charge is -2.33. The maximum atomic E-state index is 6.60. The fourth-order valence-electron chi connectivity index (χ4n) is 7.87. The summed E-state index contributed by atoms with van der Waals surface area (Å²) in [6.07, 6.45) is 18.0. The van der Waals surface area contributed by atoms with E-state index >= 15 is 0 Å². The number of fused-ring (bicyclic) bond motifs is 3. The first kappa shape index (κ1) is 36.7. The molecule has 0 saturated carbocycles. The molecule has 1 aliphatic carbocycles. The zero-order chi connectivity index (χ0) is 34.1. The summed E-state index contributed by atoms with van der Waals surface area (Å²) in [5.41, 5.74) is 6.41. The van der Waals surface area contributed by atoms with Gasteiger partial charge in [0.25, 0.3) is 0 Å². The molecule has 47 heavy (non-hydrogen) atoms. The third kappa shape index (κ3) is 7.33. The lowest BCUT2D eigenvalue weighted by Crippen LogP contribution is -2.41. The third-order valence-electron chi connectivity index (χ3n) is 12.4. The van der Waals surface area contributed by atoms with Gasteiger partial charge in [-0.25, -0.2) is 0 Å². The highest BCUT2D eigenvalue weighted by atomic mass is 16.7. The second kappa shape index (κ2) is 14.3. The molecule has 258 valence electrons. The maximum absolute atomic E-state index is 6.60. The van der Waals surface area contributed by atoms with Gasteiger partial charge >= 0.3 is 14.2 Å². The van der Waals surface area contributed by atoms with E-state index in [1.807, 2.05) is 0 Å². The Morgan fingerprint density at radius 3 is 1.32 bits per heavy atom. The predicted octanol–water partition coefficient (Wildman–Crippen LogP) is 10.1. The highest BCUT2D eigenvalue weighted by Gasteiger charge is 2.54. The van der Waals surface area contributed by atoms with Gasteiger partial charge in [-0.1, -0.05) is 127 Å². The lowest BCUT2D eigenvalue weighted by atomic mass is 9.68. The number of unbranched alkanes of at least 4 members (excludes halogenated alkanes) is 10. The fraction of sp³-hybridized carbons (Fsp3) is 0.707. The molecule has 0 spiro atoms. The van der Waals surface area contributed by atoms with Crippen LogP contribution in [0, 0.1) is 0 Å². The molecule has 0 aromatic heterocycles. The van der Waals surface area contributed by atoms with Gasteiger partial charge < -0.3 is 18.6 Å². The molecule has 0 amide bonds. The second-order valence-electron chi connectivity index (χ2n) is 16.9. The number of benzene rings is 2. The molecule has 0 atom stereocenters. The molecular weight excluding hydrogens is 578 g/mol. The van der Waals surface area contributed by atoms with Crippen molar-refractivity contribution in [3.63, 3.8) is 0 Å². The molecule has 3 aliphatic rings. The van der Waals surface area contributed by atoms with Gasteiger partial charge in [0.1, 0.15) is 0 Å². The van der Waals surface area contributed by atoms with Gasteiger partial charge in [0.2, 0.25) is 0 Å². The summed E-state index contributed by atoms with van der Waals surface area (Å²) in [5, 5.41) is 0. The first-order valence-corrected chi connectivity index (χ1v) is 19.2. The molecule has 0 bridgehead atoms. The Bertz CT molecular complexity index is 1320. The van der Waals surface area contributed by atoms with E-state index in [9.17, 15) is 0 Å². The van der Waals surface area contributed by atoms with Crippen LogP contribution in [0.2, 0.25) is 0 Å². The summed E-state index contributed by atoms with van der Waals surface area (Å²) in [4.78, 5) is 0. The van der Waals surface area contributed by atoms with Crippen molar-refractivity contribution < 1.29 is 18.6 Å². The van der Waals surface area contributed by atoms with Gasteiger partial charge in [0.15, 0.2) is 0 Å². The smallest absolute Gasteiger partial charge is 0.399 e. The first-order chi connectivity index (χ1) is 22.2. The number of rotatable bonds is 16. The van der Waals surface area contributed by atoms with E-state index in [2.05, 4.69) is 106 Å². The van der Waals surface area contributed by atoms with E-state index < -0.39 is 0 Å². The molecule has 0 N–H and O–H groups in total. The molecule has 2 aliphatic heterocycles. The second-order valence-corrected chi connectivity index (χ2v) is 16.9. The Balaban J connectivity index is 1.54. The van der Waals surface area contributed by atoms with Crippen molar-refractivity contribution in [3.05, 3.63) is 47.5 Å². The van der Waals surface area contributed by atoms with E-state index in [1.165, 1.54) is 112 Å². The van der Waals surface area contributed by atoms with Crippen LogP contribution in [0.15, 0.2) is 36.4 Å². The molecule has 4 nitrogen and oxygen atoms in total. The minimum Gasteiger partial charge on any atom is -0.399 e. The number of hydrogen-bond donors (Lipinski definition) is 0. The van der Waals surface area contributed by atoms with Crippen LogP contribution in [0.1, 0.15) is 170 Å². The summed E-state index contributed by atoms with van der Waals surface area (Å²) in [5.74, 6) is 0. The normalized spacial score (nSPS) is 21.3. The van der Waals surface area contributed by atoms with Crippen LogP contribution in [-0.2, 0) is 24.0 Å². The van der Waals surface area contributed by atoms with Crippen molar-refractivity contribution in [3.8, 4) is 11.1 Å². The summed E-state index contributed by atoms with van der Waals surface area (Å²) < 4.78 is 26.3. The van der Waals surface area contributed by atoms with E-state index in [0.717, 1.165) is 10.9 Å². The summed E-state index contributed by atoms with van der Waals surface area (Å²) in [6.45, 7) is 21.7. The van der Waals surface area contributed by atoms with Crippen LogP contribution in [0.4, 0.5) is 0 Å². The van der Waals surface area contributed by atoms with Gasteiger partial charge in [0.05, 0.1) is 22.4 Å². The van der Waals surface area contributed by atoms with Crippen LogP contribution < -0.4 is 10.9 Å². The minimum atomic E-state index is -0.370. The highest BCUT2D eigenvalue weighted by molar-refractivity contribution is 6.62. The van der Waals surface area contributed by atoms with Crippen molar-refractivity contribution in [2.45, 2.75) is 187 Å². The van der Waals surface area contributed by atoms with E-state index in [1.54, 1.807) is 0 Å². The molecular formula is C41H64B2O4. The predicted molar refractivity (Wildman–Crippen MR) is 200 cm³/mol. The molecule has 6 heteroatoms. The SMILES string of the molecule is CCCCCCCCC1(CCCCCCCC)c2ccc(B3OC(C)(C)C(C)(C)O3)cc2-c2ccc(B3OC(C)(C)C(C)(C)O3)cc21. The molecule has 2 aromatic rings. The van der Waals surface area contributed by atoms with Gasteiger partial charge in [0, 0.05) is 5.41 Å². The highest BCUT2D eigenvalue weighted by Crippen LogP contribution is 2.54. The van der Waals surface area contributed by atoms with Crippen molar-refractivity contribution >= 4 is 25.2 Å². The Labute approximate surface area is 288 Å². The molecule has 5 rings (SSSR count). The summed E-state index contributed by atoms with van der Waals surface area (Å²) in [6, 6.07) is 14.2. The fourth-order valence-corrected chi connectivity index (χ4v) is 7.87. The molecule has 2 heterocycles. The molecule has 2 saturated heterocycles. The first-order valence-electron chi connectivity index (χ1n) is 19.2. The van der Waals surface area contributed by atoms with E-state index in [4.69, 9.17) is 18.6 Å². The van der Waals surface area contributed by atoms with Crippen molar-refractivity contribution in [2.75, 3.05) is 0 Å². The monoisotopic (exact) mass is 642 g/mol. The van der Waals surface area contributed by atoms with E-state index in [0.29, 0.717) is 0 Å². The standard InChI is InChI=1S/C41H64B2O4/c1-11-13-15-17-19-21-27-41(28-22-20-18-16-14-12-2)35-26-24-31(42-44-37(3,4)38(5,6)45-42)29-34(35)33-25-23-32(30-36(33)41)43-46-39(7,8)40(9,10)47-43/h23-26,29-30H,11-22,27-28H2,1-10H3. The van der Waals surface area contributed by atoms with Gasteiger partial charge in [-0.2, -0.15) is 0 Å². The topological polar surface area (TPSA) is 36.9 Å². The van der Waals surface area contributed by atoms with Gasteiger partial charge in [-0.15, -0.1) is 0 Å². The van der Waals surface area contributed by atoms with Crippen molar-refractivity contribution in [1.82, 2.24) is 0 Å². The van der Waals surface area contributed by atoms with Crippen LogP contribution in [-0.4, -0.2) is 36.6 Å². The minimum absolute atomic E-state index is 0.0196. The molecule has 2 aromatic carbocycles. The largest absolute Gasteiger partial charge is 0.494 e. The Morgan fingerprint density at radius 1 is 0.447 bits per heavy atom. The van der Waals surface area contributed by atoms with Crippen LogP contribution in [0.5, 0.6) is 0 Å². The van der Waals surface area contributed by atoms with Crippen LogP contribution >= 0.6 is 0 Å². The molecule has 0 unspecified atom stereocenters. The summed E-state index contributed by atoms with van der Waals surface area (Å²) in [7, 11) is -0.736. The molecule has 0 radical (unpaired) electrons. The average Bonchev–Trinajstić information content (AvgIpc) is 3.50. The third-order valence-corrected chi connectivity index (χ3v) is 12.4. The van der Waals surface area contributed by atoms with Gasteiger partial charge in [-0.3, -0.25) is 0 Å². The van der Waals surface area contributed by atoms with Crippen molar-refractivity contribution in [2.24, 2.45) is 0 Å². The van der Waals surface area contributed by atoms with Crippen molar-refractivity contribution in [1.29, 1.82) is 0 Å². The Hall–Kier alpha value is -1.59. The quantitative estimate of drug-likeness (QED) is 0.135. The van der Waals surface area contributed by atoms with Crippen LogP contribution in [0.3, 0.4) is 0 Å². The molecule has 2 fully saturated rings. The zero-order valence-electron chi connectivity index (χ0n) is 31.7. The van der Waals surface area contributed by atoms with E-state index in [-0.39, 0.29) is 42.1 Å². The lowest BCUT2D eigenvalue weighted by molar-refractivity contribution is 0.00578. The average molecular weight is 643 g/mol. The summed E-state index contributed by atoms with van der Waals surface area (Å²) >= 11 is 0. The maximum Gasteiger partial charge on any atom is 0.494 e. The zero-order valence-corrected chi connectivity index (χ0v) is 31.7. The Morgan fingerprint density at radius 2 is 0.851 bits per heavy atom. The Kier molecular flexibility index (Phi) is 11.2.